The summed E-state index contributed by atoms with van der Waals surface area (Å²) >= 11 is 0. The number of carbonyl (C=O) groups is 3. The number of nitrogens with zero attached hydrogens (tertiary/aromatic N) is 1. The second-order valence-electron chi connectivity index (χ2n) is 10.5. The summed E-state index contributed by atoms with van der Waals surface area (Å²) in [4.78, 5) is 40.3. The number of benzene rings is 3. The highest BCUT2D eigenvalue weighted by Crippen LogP contribution is 2.33. The predicted octanol–water partition coefficient (Wildman–Crippen LogP) is 3.40. The second-order valence-corrected chi connectivity index (χ2v) is 10.5. The number of halogens is 3. The van der Waals surface area contributed by atoms with Crippen LogP contribution in [0, 0.1) is 19.7 Å². The van der Waals surface area contributed by atoms with E-state index in [2.05, 4.69) is 10.6 Å². The SMILES string of the molecule is Cc1ccc(F)cc1CNC(=O)[C@@H]1CC(F)(F)CN1C(=O)[C@@H](O)[C@H](Cc1ccccc1)NC(=O)c1cccc(O)c1C. The van der Waals surface area contributed by atoms with Crippen LogP contribution in [0.15, 0.2) is 66.7 Å². The Kier molecular flexibility index (Phi) is 9.20. The molecule has 0 saturated carbocycles. The lowest BCUT2D eigenvalue weighted by Gasteiger charge is -2.30. The number of phenolic OH excluding ortho intramolecular Hbond substituents is 1. The van der Waals surface area contributed by atoms with Crippen LogP contribution >= 0.6 is 0 Å². The fourth-order valence-corrected chi connectivity index (χ4v) is 4.98. The zero-order valence-electron chi connectivity index (χ0n) is 23.1. The quantitative estimate of drug-likeness (QED) is 0.308. The van der Waals surface area contributed by atoms with Gasteiger partial charge in [0.25, 0.3) is 17.7 Å². The van der Waals surface area contributed by atoms with Gasteiger partial charge in [-0.05, 0) is 61.2 Å². The molecule has 3 aromatic carbocycles. The normalized spacial score (nSPS) is 17.4. The molecule has 0 unspecified atom stereocenters. The number of aryl methyl sites for hydroxylation is 1. The molecule has 4 N–H and O–H groups in total. The van der Waals surface area contributed by atoms with Crippen molar-refractivity contribution in [3.63, 3.8) is 0 Å². The number of aliphatic hydroxyl groups is 1. The van der Waals surface area contributed by atoms with Crippen molar-refractivity contribution >= 4 is 17.7 Å². The van der Waals surface area contributed by atoms with Gasteiger partial charge in [0.1, 0.15) is 17.6 Å². The summed E-state index contributed by atoms with van der Waals surface area (Å²) in [6.45, 7) is 1.98. The number of aliphatic hydroxyl groups excluding tert-OH is 1. The van der Waals surface area contributed by atoms with E-state index in [0.29, 0.717) is 21.6 Å². The Bertz CT molecular complexity index is 1470. The second kappa shape index (κ2) is 12.6. The van der Waals surface area contributed by atoms with Gasteiger partial charge in [-0.2, -0.15) is 0 Å². The third kappa shape index (κ3) is 7.09. The Morgan fingerprint density at radius 1 is 1.05 bits per heavy atom. The summed E-state index contributed by atoms with van der Waals surface area (Å²) in [6.07, 6.45) is -2.98. The van der Waals surface area contributed by atoms with Gasteiger partial charge >= 0.3 is 0 Å². The van der Waals surface area contributed by atoms with Gasteiger partial charge in [-0.25, -0.2) is 13.2 Å². The van der Waals surface area contributed by atoms with Crippen LogP contribution in [0.1, 0.15) is 39.0 Å². The third-order valence-corrected chi connectivity index (χ3v) is 7.42. The first kappa shape index (κ1) is 30.6. The zero-order valence-corrected chi connectivity index (χ0v) is 23.1. The number of likely N-dealkylation sites (tertiary alicyclic amines) is 1. The molecule has 0 bridgehead atoms. The minimum Gasteiger partial charge on any atom is -0.508 e. The van der Waals surface area contributed by atoms with Gasteiger partial charge in [-0.3, -0.25) is 14.4 Å². The number of aromatic hydroxyl groups is 1. The highest BCUT2D eigenvalue weighted by atomic mass is 19.3. The van der Waals surface area contributed by atoms with E-state index in [1.165, 1.54) is 43.3 Å². The number of hydrogen-bond donors (Lipinski definition) is 4. The van der Waals surface area contributed by atoms with E-state index in [1.54, 1.807) is 37.3 Å². The maximum Gasteiger partial charge on any atom is 0.267 e. The molecule has 11 heteroatoms. The molecule has 3 aromatic rings. The average Bonchev–Trinajstić information content (AvgIpc) is 3.29. The monoisotopic (exact) mass is 583 g/mol. The smallest absolute Gasteiger partial charge is 0.267 e. The third-order valence-electron chi connectivity index (χ3n) is 7.42. The van der Waals surface area contributed by atoms with E-state index in [0.717, 1.165) is 0 Å². The van der Waals surface area contributed by atoms with Gasteiger partial charge in [0.05, 0.1) is 12.6 Å². The van der Waals surface area contributed by atoms with E-state index in [-0.39, 0.29) is 29.8 Å². The Labute approximate surface area is 241 Å². The van der Waals surface area contributed by atoms with Crippen LogP contribution in [0.5, 0.6) is 5.75 Å². The van der Waals surface area contributed by atoms with Crippen LogP contribution in [0.25, 0.3) is 0 Å². The molecule has 1 heterocycles. The largest absolute Gasteiger partial charge is 0.508 e. The van der Waals surface area contributed by atoms with Gasteiger partial charge in [-0.15, -0.1) is 0 Å². The number of nitrogens with one attached hydrogen (secondary N) is 2. The average molecular weight is 584 g/mol. The summed E-state index contributed by atoms with van der Waals surface area (Å²) in [5, 5.41) is 26.3. The molecule has 1 aliphatic heterocycles. The van der Waals surface area contributed by atoms with E-state index >= 15 is 0 Å². The number of carbonyl (C=O) groups excluding carboxylic acids is 3. The van der Waals surface area contributed by atoms with Gasteiger partial charge in [-0.1, -0.05) is 42.5 Å². The number of rotatable bonds is 9. The maximum atomic E-state index is 14.6. The van der Waals surface area contributed by atoms with Crippen molar-refractivity contribution < 1.29 is 37.8 Å². The van der Waals surface area contributed by atoms with Gasteiger partial charge in [0.15, 0.2) is 6.10 Å². The summed E-state index contributed by atoms with van der Waals surface area (Å²) in [5.74, 6) is -6.77. The molecule has 1 saturated heterocycles. The van der Waals surface area contributed by atoms with Crippen molar-refractivity contribution in [1.29, 1.82) is 0 Å². The van der Waals surface area contributed by atoms with E-state index in [9.17, 15) is 37.8 Å². The first-order valence-electron chi connectivity index (χ1n) is 13.4. The molecule has 0 spiro atoms. The lowest BCUT2D eigenvalue weighted by Crippen LogP contribution is -2.56. The topological polar surface area (TPSA) is 119 Å². The highest BCUT2D eigenvalue weighted by Gasteiger charge is 2.51. The Balaban J connectivity index is 1.56. The minimum absolute atomic E-state index is 0.0305. The van der Waals surface area contributed by atoms with Gasteiger partial charge in [0.2, 0.25) is 5.91 Å². The van der Waals surface area contributed by atoms with Crippen LogP contribution < -0.4 is 10.6 Å². The molecule has 0 radical (unpaired) electrons. The number of amides is 3. The van der Waals surface area contributed by atoms with E-state index < -0.39 is 60.6 Å². The summed E-state index contributed by atoms with van der Waals surface area (Å²) in [6, 6.07) is 14.1. The maximum absolute atomic E-state index is 14.6. The van der Waals surface area contributed by atoms with Crippen LogP contribution in [0.4, 0.5) is 13.2 Å². The Hall–Kier alpha value is -4.38. The molecule has 8 nitrogen and oxygen atoms in total. The molecule has 3 amide bonds. The summed E-state index contributed by atoms with van der Waals surface area (Å²) in [5.41, 5.74) is 2.15. The van der Waals surface area contributed by atoms with Crippen molar-refractivity contribution in [3.05, 3.63) is 100 Å². The standard InChI is InChI=1S/C31H32F3N3O5/c1-18-11-12-22(32)14-21(18)16-35-29(41)25-15-31(33,34)17-37(25)30(42)27(39)24(13-20-7-4-3-5-8-20)36-28(40)23-9-6-10-26(38)19(23)2/h3-12,14,24-25,27,38-39H,13,15-17H2,1-2H3,(H,35,41)(H,36,40)/t24-,25-,27-/m0/s1. The first-order valence-corrected chi connectivity index (χ1v) is 13.4. The molecule has 42 heavy (non-hydrogen) atoms. The van der Waals surface area contributed by atoms with Crippen molar-refractivity contribution in [3.8, 4) is 5.75 Å². The van der Waals surface area contributed by atoms with Crippen LogP contribution in [-0.4, -0.2) is 63.5 Å². The van der Waals surface area contributed by atoms with Crippen molar-refractivity contribution in [2.45, 2.75) is 57.3 Å². The zero-order chi connectivity index (χ0) is 30.6. The van der Waals surface area contributed by atoms with E-state index in [1.807, 2.05) is 0 Å². The lowest BCUT2D eigenvalue weighted by atomic mass is 9.98. The molecule has 1 aliphatic rings. The fraction of sp³-hybridized carbons (Fsp3) is 0.323. The number of alkyl halides is 2. The van der Waals surface area contributed by atoms with Crippen molar-refractivity contribution in [2.24, 2.45) is 0 Å². The number of phenols is 1. The molecule has 222 valence electrons. The molecule has 0 aromatic heterocycles. The van der Waals surface area contributed by atoms with Gasteiger partial charge < -0.3 is 25.7 Å². The molecular formula is C31H32F3N3O5. The molecule has 0 aliphatic carbocycles. The van der Waals surface area contributed by atoms with Crippen molar-refractivity contribution in [2.75, 3.05) is 6.54 Å². The van der Waals surface area contributed by atoms with E-state index in [4.69, 9.17) is 0 Å². The first-order chi connectivity index (χ1) is 19.9. The molecular weight excluding hydrogens is 551 g/mol. The minimum atomic E-state index is -3.40. The Morgan fingerprint density at radius 3 is 2.48 bits per heavy atom. The van der Waals surface area contributed by atoms with Crippen molar-refractivity contribution in [1.82, 2.24) is 15.5 Å². The molecule has 3 atom stereocenters. The summed E-state index contributed by atoms with van der Waals surface area (Å²) in [7, 11) is 0. The predicted molar refractivity (Wildman–Crippen MR) is 148 cm³/mol. The van der Waals surface area contributed by atoms with Gasteiger partial charge in [0, 0.05) is 24.1 Å². The fourth-order valence-electron chi connectivity index (χ4n) is 4.98. The van der Waals surface area contributed by atoms with Crippen LogP contribution in [-0.2, 0) is 22.6 Å². The van der Waals surface area contributed by atoms with Crippen LogP contribution in [0.2, 0.25) is 0 Å². The Morgan fingerprint density at radius 2 is 1.76 bits per heavy atom. The highest BCUT2D eigenvalue weighted by molar-refractivity contribution is 5.97. The van der Waals surface area contributed by atoms with Crippen LogP contribution in [0.3, 0.4) is 0 Å². The summed E-state index contributed by atoms with van der Waals surface area (Å²) < 4.78 is 42.8. The lowest BCUT2D eigenvalue weighted by molar-refractivity contribution is -0.147. The molecule has 1 fully saturated rings. The molecule has 4 rings (SSSR count). The number of hydrogen-bond acceptors (Lipinski definition) is 5.